The fourth-order valence-electron chi connectivity index (χ4n) is 2.38. The van der Waals surface area contributed by atoms with Crippen LogP contribution in [0.2, 0.25) is 0 Å². The zero-order valence-electron chi connectivity index (χ0n) is 11.9. The number of benzene rings is 1. The van der Waals surface area contributed by atoms with Crippen LogP contribution in [0.1, 0.15) is 18.4 Å². The summed E-state index contributed by atoms with van der Waals surface area (Å²) in [6, 6.07) is 7.33. The van der Waals surface area contributed by atoms with Crippen molar-refractivity contribution < 1.29 is 19.5 Å². The van der Waals surface area contributed by atoms with Crippen molar-refractivity contribution >= 4 is 23.5 Å². The van der Waals surface area contributed by atoms with Gasteiger partial charge in [-0.3, -0.25) is 14.4 Å². The van der Waals surface area contributed by atoms with Crippen LogP contribution in [0.15, 0.2) is 24.3 Å². The van der Waals surface area contributed by atoms with Gasteiger partial charge in [0, 0.05) is 32.2 Å². The van der Waals surface area contributed by atoms with E-state index in [4.69, 9.17) is 5.11 Å². The van der Waals surface area contributed by atoms with Gasteiger partial charge in [0.15, 0.2) is 0 Å². The van der Waals surface area contributed by atoms with Gasteiger partial charge in [-0.25, -0.2) is 0 Å². The Hall–Kier alpha value is -2.37. The molecule has 6 nitrogen and oxygen atoms in total. The summed E-state index contributed by atoms with van der Waals surface area (Å²) in [4.78, 5) is 37.4. The number of rotatable bonds is 5. The molecule has 21 heavy (non-hydrogen) atoms. The van der Waals surface area contributed by atoms with Gasteiger partial charge in [0.2, 0.25) is 0 Å². The van der Waals surface area contributed by atoms with E-state index in [1.54, 1.807) is 13.1 Å². The molecule has 0 aliphatic carbocycles. The lowest BCUT2D eigenvalue weighted by Crippen LogP contribution is -2.53. The molecular formula is C15H18N2O4. The minimum absolute atomic E-state index is 0.0873. The third kappa shape index (κ3) is 3.39. The maximum atomic E-state index is 12.1. The predicted molar refractivity (Wildman–Crippen MR) is 77.0 cm³/mol. The number of anilines is 1. The van der Waals surface area contributed by atoms with E-state index in [2.05, 4.69) is 0 Å². The molecule has 1 heterocycles. The van der Waals surface area contributed by atoms with Gasteiger partial charge in [-0.05, 0) is 24.5 Å². The van der Waals surface area contributed by atoms with E-state index in [-0.39, 0.29) is 6.42 Å². The SMILES string of the molecule is CN1CCN(c2ccccc2CCCC(=O)O)C(=O)C1=O. The molecule has 1 saturated heterocycles. The van der Waals surface area contributed by atoms with Crippen molar-refractivity contribution in [1.29, 1.82) is 0 Å². The van der Waals surface area contributed by atoms with Crippen molar-refractivity contribution in [3.63, 3.8) is 0 Å². The van der Waals surface area contributed by atoms with Gasteiger partial charge in [-0.2, -0.15) is 0 Å². The Balaban J connectivity index is 2.17. The van der Waals surface area contributed by atoms with Crippen molar-refractivity contribution in [2.75, 3.05) is 25.0 Å². The smallest absolute Gasteiger partial charge is 0.316 e. The highest BCUT2D eigenvalue weighted by molar-refractivity contribution is 6.41. The quantitative estimate of drug-likeness (QED) is 0.817. The third-order valence-corrected chi connectivity index (χ3v) is 3.55. The zero-order valence-corrected chi connectivity index (χ0v) is 11.9. The van der Waals surface area contributed by atoms with Crippen LogP contribution in [0.3, 0.4) is 0 Å². The lowest BCUT2D eigenvalue weighted by atomic mass is 10.0. The van der Waals surface area contributed by atoms with E-state index in [1.807, 2.05) is 18.2 Å². The second kappa shape index (κ2) is 6.39. The van der Waals surface area contributed by atoms with Gasteiger partial charge in [0.1, 0.15) is 0 Å². The van der Waals surface area contributed by atoms with Gasteiger partial charge in [-0.15, -0.1) is 0 Å². The van der Waals surface area contributed by atoms with Gasteiger partial charge < -0.3 is 14.9 Å². The Kier molecular flexibility index (Phi) is 4.57. The molecule has 0 saturated carbocycles. The van der Waals surface area contributed by atoms with Gasteiger partial charge in [-0.1, -0.05) is 18.2 Å². The molecule has 0 spiro atoms. The van der Waals surface area contributed by atoms with E-state index in [0.29, 0.717) is 31.6 Å². The molecule has 2 rings (SSSR count). The molecular weight excluding hydrogens is 272 g/mol. The maximum absolute atomic E-state index is 12.1. The molecule has 1 fully saturated rings. The average Bonchev–Trinajstić information content (AvgIpc) is 2.46. The number of likely N-dealkylation sites (N-methyl/N-ethyl adjacent to an activating group) is 1. The molecule has 2 amide bonds. The summed E-state index contributed by atoms with van der Waals surface area (Å²) in [6.45, 7) is 0.949. The molecule has 0 bridgehead atoms. The van der Waals surface area contributed by atoms with Crippen LogP contribution in [0, 0.1) is 0 Å². The lowest BCUT2D eigenvalue weighted by molar-refractivity contribution is -0.145. The van der Waals surface area contributed by atoms with E-state index >= 15 is 0 Å². The van der Waals surface area contributed by atoms with Crippen LogP contribution in [0.5, 0.6) is 0 Å². The number of amides is 2. The first-order valence-corrected chi connectivity index (χ1v) is 6.87. The predicted octanol–water partition coefficient (Wildman–Crippen LogP) is 0.899. The number of hydrogen-bond acceptors (Lipinski definition) is 3. The molecule has 0 radical (unpaired) electrons. The molecule has 1 aromatic carbocycles. The van der Waals surface area contributed by atoms with Crippen LogP contribution in [-0.4, -0.2) is 47.9 Å². The number of carboxylic acid groups (broad SMARTS) is 1. The number of hydrogen-bond donors (Lipinski definition) is 1. The molecule has 6 heteroatoms. The number of carboxylic acids is 1. The maximum Gasteiger partial charge on any atom is 0.316 e. The standard InChI is InChI=1S/C15H18N2O4/c1-16-9-10-17(15(21)14(16)20)12-7-3-2-5-11(12)6-4-8-13(18)19/h2-3,5,7H,4,6,8-10H2,1H3,(H,18,19). The highest BCUT2D eigenvalue weighted by atomic mass is 16.4. The van der Waals surface area contributed by atoms with Gasteiger partial charge >= 0.3 is 17.8 Å². The summed E-state index contributed by atoms with van der Waals surface area (Å²) in [5.74, 6) is -1.88. The van der Waals surface area contributed by atoms with Crippen molar-refractivity contribution in [3.8, 4) is 0 Å². The second-order valence-electron chi connectivity index (χ2n) is 5.06. The molecule has 1 aliphatic rings. The van der Waals surface area contributed by atoms with E-state index in [0.717, 1.165) is 5.56 Å². The Morgan fingerprint density at radius 2 is 1.90 bits per heavy atom. The Morgan fingerprint density at radius 3 is 2.62 bits per heavy atom. The summed E-state index contributed by atoms with van der Waals surface area (Å²) < 4.78 is 0. The minimum atomic E-state index is -0.835. The highest BCUT2D eigenvalue weighted by Gasteiger charge is 2.31. The molecule has 1 N–H and O–H groups in total. The first kappa shape index (κ1) is 15.0. The Bertz CT molecular complexity index is 571. The monoisotopic (exact) mass is 290 g/mol. The molecule has 1 aromatic rings. The average molecular weight is 290 g/mol. The van der Waals surface area contributed by atoms with Crippen LogP contribution in [0.4, 0.5) is 5.69 Å². The van der Waals surface area contributed by atoms with Gasteiger partial charge in [0.25, 0.3) is 0 Å². The lowest BCUT2D eigenvalue weighted by Gasteiger charge is -2.32. The van der Waals surface area contributed by atoms with Crippen molar-refractivity contribution in [3.05, 3.63) is 29.8 Å². The first-order chi connectivity index (χ1) is 10.0. The van der Waals surface area contributed by atoms with Crippen LogP contribution in [0.25, 0.3) is 0 Å². The number of piperazine rings is 1. The Labute approximate surface area is 123 Å². The van der Waals surface area contributed by atoms with Crippen molar-refractivity contribution in [1.82, 2.24) is 4.90 Å². The topological polar surface area (TPSA) is 77.9 Å². The number of carbonyl (C=O) groups excluding carboxylic acids is 2. The Morgan fingerprint density at radius 1 is 1.19 bits per heavy atom. The summed E-state index contributed by atoms with van der Waals surface area (Å²) in [7, 11) is 1.61. The molecule has 0 unspecified atom stereocenters. The summed E-state index contributed by atoms with van der Waals surface area (Å²) in [5.41, 5.74) is 1.60. The second-order valence-corrected chi connectivity index (χ2v) is 5.06. The fraction of sp³-hybridized carbons (Fsp3) is 0.400. The van der Waals surface area contributed by atoms with E-state index in [1.165, 1.54) is 9.80 Å². The van der Waals surface area contributed by atoms with Crippen LogP contribution < -0.4 is 4.90 Å². The number of para-hydroxylation sites is 1. The third-order valence-electron chi connectivity index (χ3n) is 3.55. The van der Waals surface area contributed by atoms with E-state index in [9.17, 15) is 14.4 Å². The number of aliphatic carboxylic acids is 1. The van der Waals surface area contributed by atoms with E-state index < -0.39 is 17.8 Å². The number of nitrogens with zero attached hydrogens (tertiary/aromatic N) is 2. The summed E-state index contributed by atoms with van der Waals surface area (Å²) in [6.07, 6.45) is 1.16. The largest absolute Gasteiger partial charge is 0.481 e. The molecule has 112 valence electrons. The van der Waals surface area contributed by atoms with Gasteiger partial charge in [0.05, 0.1) is 0 Å². The molecule has 0 aromatic heterocycles. The van der Waals surface area contributed by atoms with Crippen molar-refractivity contribution in [2.45, 2.75) is 19.3 Å². The number of aryl methyl sites for hydroxylation is 1. The summed E-state index contributed by atoms with van der Waals surface area (Å²) >= 11 is 0. The molecule has 0 atom stereocenters. The normalized spacial score (nSPS) is 15.5. The van der Waals surface area contributed by atoms with Crippen LogP contribution >= 0.6 is 0 Å². The summed E-state index contributed by atoms with van der Waals surface area (Å²) in [5, 5.41) is 8.70. The minimum Gasteiger partial charge on any atom is -0.481 e. The highest BCUT2D eigenvalue weighted by Crippen LogP contribution is 2.24. The van der Waals surface area contributed by atoms with Crippen molar-refractivity contribution in [2.24, 2.45) is 0 Å². The first-order valence-electron chi connectivity index (χ1n) is 6.87. The molecule has 1 aliphatic heterocycles. The fourth-order valence-corrected chi connectivity index (χ4v) is 2.38. The number of carbonyl (C=O) groups is 3. The zero-order chi connectivity index (χ0) is 15.4. The van der Waals surface area contributed by atoms with Crippen LogP contribution in [-0.2, 0) is 20.8 Å².